The fourth-order valence-electron chi connectivity index (χ4n) is 2.93. The van der Waals surface area contributed by atoms with Gasteiger partial charge in [-0.15, -0.1) is 5.10 Å². The number of aromatic nitrogens is 5. The Hall–Kier alpha value is -3.55. The largest absolute Gasteiger partial charge is 0.497 e. The maximum atomic E-state index is 13.9. The number of hydrogen-bond acceptors (Lipinski definition) is 6. The molecular formula is C20H19FN6O. The Balaban J connectivity index is 1.47. The Morgan fingerprint density at radius 2 is 1.89 bits per heavy atom. The Kier molecular flexibility index (Phi) is 5.09. The zero-order valence-corrected chi connectivity index (χ0v) is 15.3. The molecule has 0 amide bonds. The van der Waals surface area contributed by atoms with E-state index in [1.165, 1.54) is 18.0 Å². The predicted molar refractivity (Wildman–Crippen MR) is 104 cm³/mol. The van der Waals surface area contributed by atoms with Crippen LogP contribution in [-0.2, 0) is 13.0 Å². The van der Waals surface area contributed by atoms with Crippen molar-refractivity contribution in [2.45, 2.75) is 13.0 Å². The highest BCUT2D eigenvalue weighted by Gasteiger charge is 2.13. The highest BCUT2D eigenvalue weighted by atomic mass is 19.1. The zero-order chi connectivity index (χ0) is 19.3. The smallest absolute Gasteiger partial charge is 0.184 e. The minimum atomic E-state index is -0.280. The molecule has 0 saturated carbocycles. The number of nitrogens with zero attached hydrogens (tertiary/aromatic N) is 5. The molecule has 0 atom stereocenters. The Morgan fingerprint density at radius 3 is 2.68 bits per heavy atom. The molecule has 2 heterocycles. The van der Waals surface area contributed by atoms with Crippen LogP contribution < -0.4 is 10.1 Å². The maximum absolute atomic E-state index is 13.9. The molecule has 1 N–H and O–H groups in total. The number of methoxy groups -OCH3 is 1. The van der Waals surface area contributed by atoms with E-state index in [1.807, 2.05) is 24.3 Å². The van der Waals surface area contributed by atoms with Gasteiger partial charge in [-0.1, -0.05) is 35.5 Å². The second-order valence-corrected chi connectivity index (χ2v) is 6.26. The molecule has 8 heteroatoms. The van der Waals surface area contributed by atoms with Gasteiger partial charge in [-0.05, 0) is 30.2 Å². The average Bonchev–Trinajstić information content (AvgIpc) is 3.14. The molecule has 142 valence electrons. The molecule has 0 aliphatic carbocycles. The molecule has 0 aliphatic heterocycles. The SMILES string of the molecule is COc1ccc(CCNc2ncnc3c2nnn3Cc2ccccc2F)cc1. The third-order valence-corrected chi connectivity index (χ3v) is 4.44. The monoisotopic (exact) mass is 378 g/mol. The van der Waals surface area contributed by atoms with Crippen molar-refractivity contribution in [1.82, 2.24) is 25.0 Å². The van der Waals surface area contributed by atoms with Gasteiger partial charge < -0.3 is 10.1 Å². The van der Waals surface area contributed by atoms with Crippen LogP contribution in [0.4, 0.5) is 10.2 Å². The Morgan fingerprint density at radius 1 is 1.07 bits per heavy atom. The number of halogens is 1. The normalized spacial score (nSPS) is 10.9. The molecule has 4 rings (SSSR count). The molecule has 28 heavy (non-hydrogen) atoms. The van der Waals surface area contributed by atoms with Crippen molar-refractivity contribution in [2.75, 3.05) is 19.0 Å². The van der Waals surface area contributed by atoms with Crippen LogP contribution in [0, 0.1) is 5.82 Å². The van der Waals surface area contributed by atoms with E-state index in [4.69, 9.17) is 4.74 Å². The average molecular weight is 378 g/mol. The lowest BCUT2D eigenvalue weighted by molar-refractivity contribution is 0.414. The zero-order valence-electron chi connectivity index (χ0n) is 15.3. The van der Waals surface area contributed by atoms with Crippen LogP contribution in [0.3, 0.4) is 0 Å². The number of ether oxygens (including phenoxy) is 1. The first kappa shape index (κ1) is 17.8. The van der Waals surface area contributed by atoms with Crippen LogP contribution in [0.1, 0.15) is 11.1 Å². The van der Waals surface area contributed by atoms with E-state index in [0.29, 0.717) is 29.1 Å². The summed E-state index contributed by atoms with van der Waals surface area (Å²) >= 11 is 0. The van der Waals surface area contributed by atoms with Gasteiger partial charge in [0.25, 0.3) is 0 Å². The molecule has 2 aromatic heterocycles. The van der Waals surface area contributed by atoms with Crippen molar-refractivity contribution < 1.29 is 9.13 Å². The molecular weight excluding hydrogens is 359 g/mol. The van der Waals surface area contributed by atoms with Gasteiger partial charge >= 0.3 is 0 Å². The standard InChI is InChI=1S/C20H19FN6O/c1-28-16-8-6-14(7-9-16)10-11-22-19-18-20(24-13-23-19)27(26-25-18)12-15-4-2-3-5-17(15)21/h2-9,13H,10-12H2,1H3,(H,22,23,24). The van der Waals surface area contributed by atoms with Crippen molar-refractivity contribution in [1.29, 1.82) is 0 Å². The summed E-state index contributed by atoms with van der Waals surface area (Å²) in [6.45, 7) is 0.935. The summed E-state index contributed by atoms with van der Waals surface area (Å²) in [6, 6.07) is 14.5. The van der Waals surface area contributed by atoms with Gasteiger partial charge in [0.05, 0.1) is 13.7 Å². The second kappa shape index (κ2) is 7.99. The lowest BCUT2D eigenvalue weighted by Gasteiger charge is -2.07. The molecule has 7 nitrogen and oxygen atoms in total. The third kappa shape index (κ3) is 3.75. The van der Waals surface area contributed by atoms with Crippen molar-refractivity contribution in [3.05, 3.63) is 71.8 Å². The van der Waals surface area contributed by atoms with Crippen LogP contribution in [0.5, 0.6) is 5.75 Å². The Bertz CT molecular complexity index is 1080. The molecule has 0 fully saturated rings. The molecule has 2 aromatic carbocycles. The molecule has 4 aromatic rings. The summed E-state index contributed by atoms with van der Waals surface area (Å²) < 4.78 is 20.7. The summed E-state index contributed by atoms with van der Waals surface area (Å²) in [5.41, 5.74) is 2.84. The number of anilines is 1. The van der Waals surface area contributed by atoms with Crippen molar-refractivity contribution in [2.24, 2.45) is 0 Å². The quantitative estimate of drug-likeness (QED) is 0.533. The topological polar surface area (TPSA) is 77.8 Å². The van der Waals surface area contributed by atoms with Crippen LogP contribution in [-0.4, -0.2) is 38.6 Å². The molecule has 0 saturated heterocycles. The van der Waals surface area contributed by atoms with E-state index in [9.17, 15) is 4.39 Å². The summed E-state index contributed by atoms with van der Waals surface area (Å²) in [4.78, 5) is 8.53. The van der Waals surface area contributed by atoms with Crippen LogP contribution in [0.2, 0.25) is 0 Å². The number of nitrogens with one attached hydrogen (secondary N) is 1. The van der Waals surface area contributed by atoms with Gasteiger partial charge in [0.15, 0.2) is 17.0 Å². The minimum Gasteiger partial charge on any atom is -0.497 e. The summed E-state index contributed by atoms with van der Waals surface area (Å²) in [5, 5.41) is 11.6. The summed E-state index contributed by atoms with van der Waals surface area (Å²) in [6.07, 6.45) is 2.28. The number of benzene rings is 2. The fraction of sp³-hybridized carbons (Fsp3) is 0.200. The van der Waals surface area contributed by atoms with Gasteiger partial charge in [-0.2, -0.15) is 0 Å². The van der Waals surface area contributed by atoms with Crippen LogP contribution in [0.25, 0.3) is 11.2 Å². The maximum Gasteiger partial charge on any atom is 0.184 e. The van der Waals surface area contributed by atoms with Crippen molar-refractivity contribution in [3.63, 3.8) is 0 Å². The highest BCUT2D eigenvalue weighted by Crippen LogP contribution is 2.18. The van der Waals surface area contributed by atoms with E-state index < -0.39 is 0 Å². The first-order valence-corrected chi connectivity index (χ1v) is 8.89. The number of hydrogen-bond donors (Lipinski definition) is 1. The predicted octanol–water partition coefficient (Wildman–Crippen LogP) is 3.07. The molecule has 0 radical (unpaired) electrons. The van der Waals surface area contributed by atoms with Crippen LogP contribution in [0.15, 0.2) is 54.9 Å². The molecule has 0 bridgehead atoms. The van der Waals surface area contributed by atoms with E-state index >= 15 is 0 Å². The number of rotatable bonds is 7. The third-order valence-electron chi connectivity index (χ3n) is 4.44. The second-order valence-electron chi connectivity index (χ2n) is 6.26. The summed E-state index contributed by atoms with van der Waals surface area (Å²) in [5.74, 6) is 1.16. The first-order valence-electron chi connectivity index (χ1n) is 8.89. The minimum absolute atomic E-state index is 0.255. The molecule has 0 aliphatic rings. The highest BCUT2D eigenvalue weighted by molar-refractivity contribution is 5.81. The van der Waals surface area contributed by atoms with E-state index in [-0.39, 0.29) is 12.4 Å². The van der Waals surface area contributed by atoms with Crippen LogP contribution >= 0.6 is 0 Å². The van der Waals surface area contributed by atoms with Gasteiger partial charge in [0.2, 0.25) is 0 Å². The lowest BCUT2D eigenvalue weighted by atomic mass is 10.1. The first-order chi connectivity index (χ1) is 13.7. The van der Waals surface area contributed by atoms with Gasteiger partial charge in [0, 0.05) is 12.1 Å². The van der Waals surface area contributed by atoms with E-state index in [0.717, 1.165) is 12.2 Å². The van der Waals surface area contributed by atoms with Gasteiger partial charge in [-0.25, -0.2) is 19.0 Å². The molecule has 0 spiro atoms. The number of fused-ring (bicyclic) bond motifs is 1. The van der Waals surface area contributed by atoms with E-state index in [2.05, 4.69) is 25.6 Å². The fourth-order valence-corrected chi connectivity index (χ4v) is 2.93. The lowest BCUT2D eigenvalue weighted by Crippen LogP contribution is -2.08. The van der Waals surface area contributed by atoms with E-state index in [1.54, 1.807) is 30.0 Å². The van der Waals surface area contributed by atoms with Gasteiger partial charge in [0.1, 0.15) is 17.9 Å². The van der Waals surface area contributed by atoms with Crippen molar-refractivity contribution in [3.8, 4) is 5.75 Å². The van der Waals surface area contributed by atoms with Crippen molar-refractivity contribution >= 4 is 17.0 Å². The van der Waals surface area contributed by atoms with Gasteiger partial charge in [-0.3, -0.25) is 0 Å². The summed E-state index contributed by atoms with van der Waals surface area (Å²) in [7, 11) is 1.65. The molecule has 0 unspecified atom stereocenters. The Labute approximate surface area is 161 Å².